The average molecular weight is 425 g/mol. The smallest absolute Gasteiger partial charge is 0.374 e. The summed E-state index contributed by atoms with van der Waals surface area (Å²) in [6.07, 6.45) is 0. The average Bonchev–Trinajstić information content (AvgIpc) is 2.77. The van der Waals surface area contributed by atoms with Crippen LogP contribution in [-0.4, -0.2) is 38.3 Å². The summed E-state index contributed by atoms with van der Waals surface area (Å²) in [6.45, 7) is 2.46. The minimum Gasteiger partial charge on any atom is -0.486 e. The van der Waals surface area contributed by atoms with Gasteiger partial charge in [-0.15, -0.1) is 0 Å². The van der Waals surface area contributed by atoms with Crippen LogP contribution in [0.3, 0.4) is 0 Å². The number of carbonyl (C=O) groups excluding carboxylic acids is 2. The lowest BCUT2D eigenvalue weighted by Gasteiger charge is -2.19. The molecule has 0 aliphatic carbocycles. The summed E-state index contributed by atoms with van der Waals surface area (Å²) >= 11 is 0. The molecule has 0 saturated carbocycles. The third-order valence-electron chi connectivity index (χ3n) is 4.37. The maximum atomic E-state index is 12.2. The first-order valence-corrected chi connectivity index (χ1v) is 9.61. The fraction of sp³-hybridized carbons (Fsp3) is 0.227. The van der Waals surface area contributed by atoms with Crippen molar-refractivity contribution in [3.63, 3.8) is 0 Å². The van der Waals surface area contributed by atoms with Crippen molar-refractivity contribution in [2.24, 2.45) is 0 Å². The molecule has 0 spiro atoms. The zero-order chi connectivity index (χ0) is 21.8. The summed E-state index contributed by atoms with van der Waals surface area (Å²) < 4.78 is 26.8. The number of carbonyl (C=O) groups is 2. The minimum atomic E-state index is -0.730. The van der Waals surface area contributed by atoms with Crippen LogP contribution < -0.4 is 25.0 Å². The maximum absolute atomic E-state index is 12.2. The van der Waals surface area contributed by atoms with E-state index in [-0.39, 0.29) is 35.4 Å². The van der Waals surface area contributed by atoms with E-state index in [1.807, 2.05) is 0 Å². The quantitative estimate of drug-likeness (QED) is 0.600. The van der Waals surface area contributed by atoms with Crippen molar-refractivity contribution in [2.75, 3.05) is 31.7 Å². The zero-order valence-electron chi connectivity index (χ0n) is 16.6. The van der Waals surface area contributed by atoms with Crippen LogP contribution in [0.4, 0.5) is 5.69 Å². The Balaban J connectivity index is 1.44. The van der Waals surface area contributed by atoms with E-state index < -0.39 is 11.9 Å². The molecule has 2 aromatic carbocycles. The van der Waals surface area contributed by atoms with Crippen LogP contribution in [0.5, 0.6) is 17.2 Å². The monoisotopic (exact) mass is 425 g/mol. The van der Waals surface area contributed by atoms with Gasteiger partial charge in [-0.3, -0.25) is 9.59 Å². The normalized spacial score (nSPS) is 12.3. The number of anilines is 1. The van der Waals surface area contributed by atoms with Gasteiger partial charge in [0.25, 0.3) is 5.91 Å². The second-order valence-electron chi connectivity index (χ2n) is 6.55. The van der Waals surface area contributed by atoms with E-state index in [2.05, 4.69) is 5.32 Å². The molecule has 0 unspecified atom stereocenters. The van der Waals surface area contributed by atoms with Crippen molar-refractivity contribution >= 4 is 28.5 Å². The second kappa shape index (κ2) is 8.78. The summed E-state index contributed by atoms with van der Waals surface area (Å²) in [5.74, 6) is 0.166. The molecule has 0 bridgehead atoms. The molecule has 9 nitrogen and oxygen atoms in total. The van der Waals surface area contributed by atoms with E-state index in [1.54, 1.807) is 31.2 Å². The van der Waals surface area contributed by atoms with E-state index in [4.69, 9.17) is 23.4 Å². The van der Waals surface area contributed by atoms with Gasteiger partial charge in [0.05, 0.1) is 12.0 Å². The molecule has 31 heavy (non-hydrogen) atoms. The molecule has 1 amide bonds. The number of benzene rings is 2. The molecule has 3 aromatic rings. The third-order valence-corrected chi connectivity index (χ3v) is 4.37. The maximum Gasteiger partial charge on any atom is 0.374 e. The summed E-state index contributed by atoms with van der Waals surface area (Å²) in [5, 5.41) is 2.99. The van der Waals surface area contributed by atoms with Gasteiger partial charge in [0, 0.05) is 23.9 Å². The Morgan fingerprint density at radius 1 is 1.03 bits per heavy atom. The predicted octanol–water partition coefficient (Wildman–Crippen LogP) is 2.76. The van der Waals surface area contributed by atoms with Crippen molar-refractivity contribution in [3.05, 3.63) is 58.4 Å². The Morgan fingerprint density at radius 3 is 2.65 bits per heavy atom. The third kappa shape index (κ3) is 4.61. The SMILES string of the molecule is CCOC(=O)c1cc(=O)c2ccc(OCC(=O)Nc3ccc4c(c3)OCCO4)cc2o1. The molecule has 1 aliphatic rings. The Kier molecular flexibility index (Phi) is 5.74. The number of rotatable bonds is 6. The highest BCUT2D eigenvalue weighted by atomic mass is 16.6. The minimum absolute atomic E-state index is 0.153. The lowest BCUT2D eigenvalue weighted by atomic mass is 10.2. The standard InChI is InChI=1S/C22H19NO8/c1-2-27-22(26)20-11-16(24)15-5-4-14(10-18(15)31-20)30-12-21(25)23-13-3-6-17-19(9-13)29-8-7-28-17/h3-6,9-11H,2,7-8,12H2,1H3,(H,23,25). The number of fused-ring (bicyclic) bond motifs is 2. The van der Waals surface area contributed by atoms with E-state index in [1.165, 1.54) is 12.1 Å². The second-order valence-corrected chi connectivity index (χ2v) is 6.55. The lowest BCUT2D eigenvalue weighted by molar-refractivity contribution is -0.118. The Morgan fingerprint density at radius 2 is 1.84 bits per heavy atom. The number of hydrogen-bond acceptors (Lipinski definition) is 8. The van der Waals surface area contributed by atoms with E-state index in [0.29, 0.717) is 36.1 Å². The van der Waals surface area contributed by atoms with E-state index in [0.717, 1.165) is 6.07 Å². The molecule has 2 heterocycles. The lowest BCUT2D eigenvalue weighted by Crippen LogP contribution is -2.21. The van der Waals surface area contributed by atoms with Crippen molar-refractivity contribution in [2.45, 2.75) is 6.92 Å². The predicted molar refractivity (Wildman–Crippen MR) is 110 cm³/mol. The van der Waals surface area contributed by atoms with Crippen LogP contribution in [0.2, 0.25) is 0 Å². The number of esters is 1. The van der Waals surface area contributed by atoms with Crippen molar-refractivity contribution in [3.8, 4) is 17.2 Å². The number of hydrogen-bond donors (Lipinski definition) is 1. The van der Waals surface area contributed by atoms with Crippen LogP contribution in [0.25, 0.3) is 11.0 Å². The Labute approximate surface area is 176 Å². The van der Waals surface area contributed by atoms with Crippen molar-refractivity contribution < 1.29 is 33.0 Å². The van der Waals surface area contributed by atoms with Crippen molar-refractivity contribution in [1.82, 2.24) is 0 Å². The molecule has 0 atom stereocenters. The van der Waals surface area contributed by atoms with Crippen LogP contribution >= 0.6 is 0 Å². The molecule has 160 valence electrons. The summed E-state index contributed by atoms with van der Waals surface area (Å²) in [5.41, 5.74) is 0.314. The van der Waals surface area contributed by atoms with Gasteiger partial charge in [-0.2, -0.15) is 0 Å². The number of ether oxygens (including phenoxy) is 4. The first-order chi connectivity index (χ1) is 15.0. The van der Waals surface area contributed by atoms with Crippen molar-refractivity contribution in [1.29, 1.82) is 0 Å². The number of amides is 1. The molecule has 0 fully saturated rings. The highest BCUT2D eigenvalue weighted by Gasteiger charge is 2.15. The van der Waals surface area contributed by atoms with Gasteiger partial charge in [0.2, 0.25) is 5.76 Å². The molecule has 0 radical (unpaired) electrons. The zero-order valence-corrected chi connectivity index (χ0v) is 16.6. The fourth-order valence-electron chi connectivity index (χ4n) is 3.00. The summed E-state index contributed by atoms with van der Waals surface area (Å²) in [6, 6.07) is 10.7. The fourth-order valence-corrected chi connectivity index (χ4v) is 3.00. The van der Waals surface area contributed by atoms with E-state index in [9.17, 15) is 14.4 Å². The molecule has 1 aromatic heterocycles. The van der Waals surface area contributed by atoms with Gasteiger partial charge in [-0.05, 0) is 31.2 Å². The first kappa shape index (κ1) is 20.3. The van der Waals surface area contributed by atoms with E-state index >= 15 is 0 Å². The highest BCUT2D eigenvalue weighted by Crippen LogP contribution is 2.32. The topological polar surface area (TPSA) is 113 Å². The van der Waals surface area contributed by atoms with Gasteiger partial charge in [-0.25, -0.2) is 4.79 Å². The molecular weight excluding hydrogens is 406 g/mol. The molecule has 1 aliphatic heterocycles. The van der Waals surface area contributed by atoms with Gasteiger partial charge < -0.3 is 28.7 Å². The van der Waals surface area contributed by atoms with Gasteiger partial charge >= 0.3 is 5.97 Å². The van der Waals surface area contributed by atoms with Gasteiger partial charge in [0.15, 0.2) is 23.5 Å². The highest BCUT2D eigenvalue weighted by molar-refractivity contribution is 5.92. The molecule has 9 heteroatoms. The first-order valence-electron chi connectivity index (χ1n) is 9.61. The Bertz CT molecular complexity index is 1200. The largest absolute Gasteiger partial charge is 0.486 e. The van der Waals surface area contributed by atoms with Crippen LogP contribution in [-0.2, 0) is 9.53 Å². The molecule has 4 rings (SSSR count). The molecular formula is C22H19NO8. The van der Waals surface area contributed by atoms with Crippen LogP contribution in [0.15, 0.2) is 51.7 Å². The summed E-state index contributed by atoms with van der Waals surface area (Å²) in [4.78, 5) is 36.3. The number of nitrogens with one attached hydrogen (secondary N) is 1. The van der Waals surface area contributed by atoms with Crippen LogP contribution in [0, 0.1) is 0 Å². The Hall–Kier alpha value is -4.01. The molecule has 0 saturated heterocycles. The van der Waals surface area contributed by atoms with Gasteiger partial charge in [0.1, 0.15) is 24.5 Å². The molecule has 1 N–H and O–H groups in total. The van der Waals surface area contributed by atoms with Gasteiger partial charge in [-0.1, -0.05) is 0 Å². The van der Waals surface area contributed by atoms with Crippen LogP contribution in [0.1, 0.15) is 17.5 Å². The summed E-state index contributed by atoms with van der Waals surface area (Å²) in [7, 11) is 0.